The number of aliphatic carboxylic acids is 1. The van der Waals surface area contributed by atoms with E-state index in [1.54, 1.807) is 12.3 Å². The Morgan fingerprint density at radius 1 is 1.64 bits per heavy atom. The number of aromatic nitrogens is 2. The second-order valence-corrected chi connectivity index (χ2v) is 3.40. The lowest BCUT2D eigenvalue weighted by Gasteiger charge is -2.07. The van der Waals surface area contributed by atoms with Crippen molar-refractivity contribution < 1.29 is 9.90 Å². The lowest BCUT2D eigenvalue weighted by molar-refractivity contribution is -0.131. The zero-order chi connectivity index (χ0) is 10.7. The molecule has 1 aromatic rings. The van der Waals surface area contributed by atoms with Gasteiger partial charge in [-0.25, -0.2) is 4.79 Å². The standard InChI is InChI=1S/C10H14N2O2/c1-7(2)12-8(3)9(6-11-12)4-5-10(13)14/h4-7H,1-3H3,(H,13,14)/b5-4+. The molecule has 1 N–H and O–H groups in total. The van der Waals surface area contributed by atoms with E-state index in [2.05, 4.69) is 5.10 Å². The Labute approximate surface area is 82.9 Å². The van der Waals surface area contributed by atoms with Crippen molar-refractivity contribution >= 4 is 12.0 Å². The average molecular weight is 194 g/mol. The molecule has 1 rings (SSSR count). The molecule has 0 aliphatic carbocycles. The van der Waals surface area contributed by atoms with Crippen molar-refractivity contribution in [2.45, 2.75) is 26.8 Å². The molecule has 0 bridgehead atoms. The Bertz CT molecular complexity index is 364. The first-order valence-electron chi connectivity index (χ1n) is 4.47. The van der Waals surface area contributed by atoms with Gasteiger partial charge in [0.2, 0.25) is 0 Å². The summed E-state index contributed by atoms with van der Waals surface area (Å²) >= 11 is 0. The van der Waals surface area contributed by atoms with Gasteiger partial charge >= 0.3 is 5.97 Å². The van der Waals surface area contributed by atoms with Gasteiger partial charge in [-0.2, -0.15) is 5.10 Å². The maximum Gasteiger partial charge on any atom is 0.328 e. The van der Waals surface area contributed by atoms with Crippen LogP contribution in [-0.2, 0) is 4.79 Å². The zero-order valence-electron chi connectivity index (χ0n) is 8.56. The summed E-state index contributed by atoms with van der Waals surface area (Å²) in [6.45, 7) is 5.99. The SMILES string of the molecule is Cc1c(/C=C/C(=O)O)cnn1C(C)C. The molecule has 1 heterocycles. The van der Waals surface area contributed by atoms with E-state index in [1.807, 2.05) is 25.5 Å². The Kier molecular flexibility index (Phi) is 3.06. The van der Waals surface area contributed by atoms with E-state index in [4.69, 9.17) is 5.11 Å². The first-order chi connectivity index (χ1) is 6.52. The number of nitrogens with zero attached hydrogens (tertiary/aromatic N) is 2. The molecule has 4 nitrogen and oxygen atoms in total. The van der Waals surface area contributed by atoms with Crippen LogP contribution in [0.1, 0.15) is 31.1 Å². The number of carbonyl (C=O) groups is 1. The molecule has 0 amide bonds. The molecule has 0 fully saturated rings. The molecular formula is C10H14N2O2. The second kappa shape index (κ2) is 4.09. The third kappa shape index (κ3) is 2.22. The summed E-state index contributed by atoms with van der Waals surface area (Å²) in [5.74, 6) is -0.943. The minimum atomic E-state index is -0.943. The van der Waals surface area contributed by atoms with Gasteiger partial charge in [-0.05, 0) is 26.8 Å². The largest absolute Gasteiger partial charge is 0.478 e. The van der Waals surface area contributed by atoms with Crippen molar-refractivity contribution in [2.24, 2.45) is 0 Å². The molecule has 4 heteroatoms. The van der Waals surface area contributed by atoms with Crippen LogP contribution in [0.4, 0.5) is 0 Å². The van der Waals surface area contributed by atoms with Crippen LogP contribution in [0.15, 0.2) is 12.3 Å². The quantitative estimate of drug-likeness (QED) is 0.747. The predicted octanol–water partition coefficient (Wildman–Crippen LogP) is 1.87. The normalized spacial score (nSPS) is 11.4. The maximum absolute atomic E-state index is 10.3. The number of carboxylic acids is 1. The highest BCUT2D eigenvalue weighted by Gasteiger charge is 2.06. The van der Waals surface area contributed by atoms with Crippen molar-refractivity contribution in [3.8, 4) is 0 Å². The van der Waals surface area contributed by atoms with E-state index >= 15 is 0 Å². The molecule has 0 atom stereocenters. The van der Waals surface area contributed by atoms with E-state index in [0.717, 1.165) is 17.3 Å². The summed E-state index contributed by atoms with van der Waals surface area (Å²) < 4.78 is 1.86. The molecular weight excluding hydrogens is 180 g/mol. The third-order valence-corrected chi connectivity index (χ3v) is 1.98. The fraction of sp³-hybridized carbons (Fsp3) is 0.400. The molecule has 0 spiro atoms. The third-order valence-electron chi connectivity index (χ3n) is 1.98. The Morgan fingerprint density at radius 3 is 2.71 bits per heavy atom. The van der Waals surface area contributed by atoms with Gasteiger partial charge in [0.1, 0.15) is 0 Å². The highest BCUT2D eigenvalue weighted by Crippen LogP contribution is 2.13. The molecule has 0 radical (unpaired) electrons. The van der Waals surface area contributed by atoms with E-state index in [1.165, 1.54) is 0 Å². The molecule has 0 aliphatic rings. The van der Waals surface area contributed by atoms with Gasteiger partial charge in [-0.15, -0.1) is 0 Å². The van der Waals surface area contributed by atoms with Gasteiger partial charge < -0.3 is 5.11 Å². The lowest BCUT2D eigenvalue weighted by atomic mass is 10.2. The molecule has 0 aromatic carbocycles. The molecule has 0 aliphatic heterocycles. The first kappa shape index (κ1) is 10.5. The molecule has 0 unspecified atom stereocenters. The van der Waals surface area contributed by atoms with Crippen LogP contribution in [0.25, 0.3) is 6.08 Å². The first-order valence-corrected chi connectivity index (χ1v) is 4.47. The maximum atomic E-state index is 10.3. The van der Waals surface area contributed by atoms with Gasteiger partial charge in [-0.1, -0.05) is 0 Å². The summed E-state index contributed by atoms with van der Waals surface area (Å²) in [5.41, 5.74) is 1.83. The highest BCUT2D eigenvalue weighted by molar-refractivity contribution is 5.85. The summed E-state index contributed by atoms with van der Waals surface area (Å²) in [7, 11) is 0. The number of rotatable bonds is 3. The minimum absolute atomic E-state index is 0.293. The molecule has 0 saturated carbocycles. The zero-order valence-corrected chi connectivity index (χ0v) is 8.56. The van der Waals surface area contributed by atoms with E-state index in [9.17, 15) is 4.79 Å². The van der Waals surface area contributed by atoms with Crippen LogP contribution in [0, 0.1) is 6.92 Å². The van der Waals surface area contributed by atoms with Crippen molar-refractivity contribution in [3.63, 3.8) is 0 Å². The van der Waals surface area contributed by atoms with Gasteiger partial charge in [0.05, 0.1) is 6.20 Å². The predicted molar refractivity (Wildman–Crippen MR) is 54.0 cm³/mol. The second-order valence-electron chi connectivity index (χ2n) is 3.40. The summed E-state index contributed by atoms with van der Waals surface area (Å²) in [6, 6.07) is 0.293. The van der Waals surface area contributed by atoms with Gasteiger partial charge in [-0.3, -0.25) is 4.68 Å². The minimum Gasteiger partial charge on any atom is -0.478 e. The average Bonchev–Trinajstić information content (AvgIpc) is 2.43. The Hall–Kier alpha value is -1.58. The van der Waals surface area contributed by atoms with Crippen LogP contribution in [-0.4, -0.2) is 20.9 Å². The lowest BCUT2D eigenvalue weighted by Crippen LogP contribution is -2.04. The van der Waals surface area contributed by atoms with E-state index < -0.39 is 5.97 Å². The van der Waals surface area contributed by atoms with Crippen molar-refractivity contribution in [1.29, 1.82) is 0 Å². The number of hydrogen-bond donors (Lipinski definition) is 1. The molecule has 1 aromatic heterocycles. The molecule has 76 valence electrons. The van der Waals surface area contributed by atoms with Gasteiger partial charge in [0.25, 0.3) is 0 Å². The number of carboxylic acid groups (broad SMARTS) is 1. The van der Waals surface area contributed by atoms with Crippen LogP contribution in [0.5, 0.6) is 0 Å². The van der Waals surface area contributed by atoms with E-state index in [-0.39, 0.29) is 0 Å². The number of hydrogen-bond acceptors (Lipinski definition) is 2. The smallest absolute Gasteiger partial charge is 0.328 e. The monoisotopic (exact) mass is 194 g/mol. The van der Waals surface area contributed by atoms with Crippen molar-refractivity contribution in [3.05, 3.63) is 23.5 Å². The van der Waals surface area contributed by atoms with Gasteiger partial charge in [0.15, 0.2) is 0 Å². The summed E-state index contributed by atoms with van der Waals surface area (Å²) in [4.78, 5) is 10.3. The fourth-order valence-corrected chi connectivity index (χ4v) is 1.28. The summed E-state index contributed by atoms with van der Waals surface area (Å²) in [6.07, 6.45) is 4.35. The van der Waals surface area contributed by atoms with Crippen LogP contribution in [0.2, 0.25) is 0 Å². The van der Waals surface area contributed by atoms with Crippen LogP contribution >= 0.6 is 0 Å². The topological polar surface area (TPSA) is 55.1 Å². The van der Waals surface area contributed by atoms with Crippen LogP contribution < -0.4 is 0 Å². The molecule has 0 saturated heterocycles. The molecule has 14 heavy (non-hydrogen) atoms. The Morgan fingerprint density at radius 2 is 2.29 bits per heavy atom. The van der Waals surface area contributed by atoms with Gasteiger partial charge in [0, 0.05) is 23.4 Å². The van der Waals surface area contributed by atoms with Crippen LogP contribution in [0.3, 0.4) is 0 Å². The highest BCUT2D eigenvalue weighted by atomic mass is 16.4. The van der Waals surface area contributed by atoms with Crippen molar-refractivity contribution in [1.82, 2.24) is 9.78 Å². The van der Waals surface area contributed by atoms with Crippen molar-refractivity contribution in [2.75, 3.05) is 0 Å². The fourth-order valence-electron chi connectivity index (χ4n) is 1.28. The Balaban J connectivity index is 2.95. The summed E-state index contributed by atoms with van der Waals surface area (Å²) in [5, 5.41) is 12.6. The van der Waals surface area contributed by atoms with E-state index in [0.29, 0.717) is 6.04 Å².